The van der Waals surface area contributed by atoms with E-state index >= 15 is 0 Å². The molecule has 1 aromatic rings. The summed E-state index contributed by atoms with van der Waals surface area (Å²) in [6.07, 6.45) is 1.37. The Balaban J connectivity index is 2.84. The van der Waals surface area contributed by atoms with Crippen LogP contribution in [0.4, 0.5) is 0 Å². The van der Waals surface area contributed by atoms with E-state index in [4.69, 9.17) is 13.8 Å². The first-order valence-electron chi connectivity index (χ1n) is 9.18. The fourth-order valence-corrected chi connectivity index (χ4v) is 4.66. The molecule has 1 atom stereocenters. The lowest BCUT2D eigenvalue weighted by atomic mass is 10.2. The highest BCUT2D eigenvalue weighted by atomic mass is 31.2. The Morgan fingerprint density at radius 1 is 1.11 bits per heavy atom. The van der Waals surface area contributed by atoms with Crippen LogP contribution in [0.2, 0.25) is 0 Å². The maximum absolute atomic E-state index is 13.0. The lowest BCUT2D eigenvalue weighted by molar-refractivity contribution is -0.146. The molecule has 28 heavy (non-hydrogen) atoms. The van der Waals surface area contributed by atoms with Crippen LogP contribution >= 0.6 is 7.60 Å². The normalized spacial score (nSPS) is 13.5. The standard InChI is InChI=1S/C20H30NO6P/c1-15(2)26-28(24,27-16(3)4)13-17(5)11-19(21-14-22)20(23)25-12-18-9-7-6-8-10-18/h6-11,14-16,19H,12-13H2,1-5H3,(H,21,22). The summed E-state index contributed by atoms with van der Waals surface area (Å²) in [5, 5.41) is 2.41. The zero-order valence-corrected chi connectivity index (χ0v) is 18.0. The highest BCUT2D eigenvalue weighted by Gasteiger charge is 2.29. The number of carbonyl (C=O) groups excluding carboxylic acids is 2. The number of rotatable bonds is 12. The number of carbonyl (C=O) groups is 2. The maximum Gasteiger partial charge on any atom is 0.335 e. The number of hydrogen-bond acceptors (Lipinski definition) is 6. The second-order valence-electron chi connectivity index (χ2n) is 6.95. The van der Waals surface area contributed by atoms with Crippen molar-refractivity contribution in [3.8, 4) is 0 Å². The number of allylic oxidation sites excluding steroid dienone is 1. The van der Waals surface area contributed by atoms with Gasteiger partial charge in [-0.05, 0) is 40.2 Å². The van der Waals surface area contributed by atoms with Gasteiger partial charge in [-0.15, -0.1) is 0 Å². The van der Waals surface area contributed by atoms with E-state index in [1.165, 1.54) is 6.08 Å². The van der Waals surface area contributed by atoms with Gasteiger partial charge in [-0.25, -0.2) is 4.79 Å². The molecular formula is C20H30NO6P. The van der Waals surface area contributed by atoms with E-state index in [9.17, 15) is 14.2 Å². The van der Waals surface area contributed by atoms with Crippen molar-refractivity contribution >= 4 is 20.0 Å². The molecule has 7 nitrogen and oxygen atoms in total. The average molecular weight is 411 g/mol. The van der Waals surface area contributed by atoms with Crippen LogP contribution in [0.3, 0.4) is 0 Å². The van der Waals surface area contributed by atoms with Crippen molar-refractivity contribution < 1.29 is 27.9 Å². The minimum absolute atomic E-state index is 0.00631. The van der Waals surface area contributed by atoms with Gasteiger partial charge in [0.2, 0.25) is 6.41 Å². The SMILES string of the molecule is CC(=CC(NC=O)C(=O)OCc1ccccc1)CP(=O)(OC(C)C)OC(C)C. The molecule has 1 aromatic carbocycles. The molecule has 0 heterocycles. The summed E-state index contributed by atoms with van der Waals surface area (Å²) in [6.45, 7) is 8.87. The van der Waals surface area contributed by atoms with Gasteiger partial charge in [0.25, 0.3) is 0 Å². The summed E-state index contributed by atoms with van der Waals surface area (Å²) in [6, 6.07) is 8.22. The van der Waals surface area contributed by atoms with Crippen LogP contribution in [-0.4, -0.2) is 36.8 Å². The van der Waals surface area contributed by atoms with E-state index in [1.54, 1.807) is 34.6 Å². The van der Waals surface area contributed by atoms with E-state index in [0.29, 0.717) is 12.0 Å². The van der Waals surface area contributed by atoms with E-state index < -0.39 is 19.6 Å². The second-order valence-corrected chi connectivity index (χ2v) is 8.91. The molecule has 1 rings (SSSR count). The summed E-state index contributed by atoms with van der Waals surface area (Å²) in [5.41, 5.74) is 1.42. The Labute approximate surface area is 167 Å². The third kappa shape index (κ3) is 9.31. The molecular weight excluding hydrogens is 381 g/mol. The minimum Gasteiger partial charge on any atom is -0.459 e. The van der Waals surface area contributed by atoms with E-state index in [2.05, 4.69) is 5.32 Å². The van der Waals surface area contributed by atoms with Crippen molar-refractivity contribution in [3.05, 3.63) is 47.5 Å². The first-order valence-corrected chi connectivity index (χ1v) is 10.9. The Kier molecular flexibility index (Phi) is 10.1. The highest BCUT2D eigenvalue weighted by Crippen LogP contribution is 2.51. The molecule has 0 radical (unpaired) electrons. The van der Waals surface area contributed by atoms with Crippen LogP contribution in [0.15, 0.2) is 42.0 Å². The summed E-state index contributed by atoms with van der Waals surface area (Å²) in [4.78, 5) is 23.2. The first kappa shape index (κ1) is 24.1. The monoisotopic (exact) mass is 411 g/mol. The Bertz CT molecular complexity index is 688. The van der Waals surface area contributed by atoms with Crippen molar-refractivity contribution in [1.29, 1.82) is 0 Å². The molecule has 1 N–H and O–H groups in total. The molecule has 0 saturated heterocycles. The molecule has 0 aliphatic carbocycles. The van der Waals surface area contributed by atoms with Crippen molar-refractivity contribution in [1.82, 2.24) is 5.32 Å². The number of benzene rings is 1. The third-order valence-corrected chi connectivity index (χ3v) is 5.73. The van der Waals surface area contributed by atoms with Gasteiger partial charge in [-0.2, -0.15) is 0 Å². The first-order chi connectivity index (χ1) is 13.1. The molecule has 8 heteroatoms. The molecule has 0 spiro atoms. The molecule has 0 aliphatic rings. The van der Waals surface area contributed by atoms with E-state index in [0.717, 1.165) is 5.56 Å². The van der Waals surface area contributed by atoms with Gasteiger partial charge >= 0.3 is 13.6 Å². The van der Waals surface area contributed by atoms with Crippen molar-refractivity contribution in [3.63, 3.8) is 0 Å². The fraction of sp³-hybridized carbons (Fsp3) is 0.500. The zero-order valence-electron chi connectivity index (χ0n) is 17.1. The largest absolute Gasteiger partial charge is 0.459 e. The minimum atomic E-state index is -3.39. The second kappa shape index (κ2) is 11.8. The summed E-state index contributed by atoms with van der Waals surface area (Å²) in [5.74, 6) is -0.611. The molecule has 0 saturated carbocycles. The maximum atomic E-state index is 13.0. The van der Waals surface area contributed by atoms with E-state index in [1.807, 2.05) is 30.3 Å². The van der Waals surface area contributed by atoms with E-state index in [-0.39, 0.29) is 25.0 Å². The molecule has 0 fully saturated rings. The van der Waals surface area contributed by atoms with Crippen molar-refractivity contribution in [2.45, 2.75) is 59.5 Å². The van der Waals surface area contributed by atoms with Crippen LogP contribution in [0.25, 0.3) is 0 Å². The molecule has 0 aliphatic heterocycles. The van der Waals surface area contributed by atoms with Gasteiger partial charge in [-0.1, -0.05) is 42.0 Å². The van der Waals surface area contributed by atoms with Crippen molar-refractivity contribution in [2.75, 3.05) is 6.16 Å². The fourth-order valence-electron chi connectivity index (χ4n) is 2.46. The van der Waals surface area contributed by atoms with Gasteiger partial charge < -0.3 is 19.1 Å². The van der Waals surface area contributed by atoms with Crippen LogP contribution in [0.5, 0.6) is 0 Å². The van der Waals surface area contributed by atoms with Gasteiger partial charge in [0, 0.05) is 0 Å². The lowest BCUT2D eigenvalue weighted by Crippen LogP contribution is -2.36. The van der Waals surface area contributed by atoms with Gasteiger partial charge in [0.15, 0.2) is 0 Å². The average Bonchev–Trinajstić information content (AvgIpc) is 2.58. The van der Waals surface area contributed by atoms with Gasteiger partial charge in [0.1, 0.15) is 12.6 Å². The Hall–Kier alpha value is -1.95. The number of amides is 1. The van der Waals surface area contributed by atoms with Crippen molar-refractivity contribution in [2.24, 2.45) is 0 Å². The van der Waals surface area contributed by atoms with Crippen LogP contribution in [0.1, 0.15) is 40.2 Å². The van der Waals surface area contributed by atoms with Crippen LogP contribution < -0.4 is 5.32 Å². The molecule has 1 unspecified atom stereocenters. The molecule has 0 aromatic heterocycles. The van der Waals surface area contributed by atoms with Crippen LogP contribution in [0, 0.1) is 0 Å². The lowest BCUT2D eigenvalue weighted by Gasteiger charge is -2.23. The predicted octanol–water partition coefficient (Wildman–Crippen LogP) is 3.83. The predicted molar refractivity (Wildman–Crippen MR) is 108 cm³/mol. The highest BCUT2D eigenvalue weighted by molar-refractivity contribution is 7.54. The zero-order chi connectivity index (χ0) is 21.2. The topological polar surface area (TPSA) is 90.9 Å². The smallest absolute Gasteiger partial charge is 0.335 e. The third-order valence-electron chi connectivity index (χ3n) is 3.36. The summed E-state index contributed by atoms with van der Waals surface area (Å²) < 4.78 is 29.3. The Morgan fingerprint density at radius 3 is 2.18 bits per heavy atom. The summed E-state index contributed by atoms with van der Waals surface area (Å²) in [7, 11) is -3.39. The van der Waals surface area contributed by atoms with Gasteiger partial charge in [-0.3, -0.25) is 9.36 Å². The van der Waals surface area contributed by atoms with Crippen LogP contribution in [-0.2, 0) is 34.5 Å². The number of nitrogens with one attached hydrogen (secondary N) is 1. The quantitative estimate of drug-likeness (QED) is 0.243. The number of hydrogen-bond donors (Lipinski definition) is 1. The molecule has 0 bridgehead atoms. The Morgan fingerprint density at radius 2 is 1.68 bits per heavy atom. The van der Waals surface area contributed by atoms with Gasteiger partial charge in [0.05, 0.1) is 18.4 Å². The summed E-state index contributed by atoms with van der Waals surface area (Å²) >= 11 is 0. The molecule has 1 amide bonds. The molecule has 156 valence electrons. The number of esters is 1. The number of ether oxygens (including phenoxy) is 1.